The Bertz CT molecular complexity index is 871. The van der Waals surface area contributed by atoms with Gasteiger partial charge in [0, 0.05) is 10.6 Å². The maximum absolute atomic E-state index is 12.4. The monoisotopic (exact) mass is 371 g/mol. The Kier molecular flexibility index (Phi) is 4.86. The summed E-state index contributed by atoms with van der Waals surface area (Å²) in [6, 6.07) is 11.3. The summed E-state index contributed by atoms with van der Waals surface area (Å²) >= 11 is 5.76. The van der Waals surface area contributed by atoms with E-state index in [0.29, 0.717) is 10.6 Å². The van der Waals surface area contributed by atoms with Gasteiger partial charge in [0.15, 0.2) is 12.4 Å². The summed E-state index contributed by atoms with van der Waals surface area (Å²) in [4.78, 5) is 49.8. The standard InChI is InChI=1S/C19H14ClNO5/c1-11(21-17(23)14-4-2-3-5-15(14)18(21)24)19(25)26-10-16(22)12-6-8-13(20)9-7-12/h2-9,11H,10H2,1H3/t11-/m1/s1. The summed E-state index contributed by atoms with van der Waals surface area (Å²) in [6.45, 7) is 0.894. The number of hydrogen-bond donors (Lipinski definition) is 0. The fourth-order valence-corrected chi connectivity index (χ4v) is 2.77. The molecule has 0 aliphatic carbocycles. The van der Waals surface area contributed by atoms with Gasteiger partial charge < -0.3 is 4.74 Å². The lowest BCUT2D eigenvalue weighted by Gasteiger charge is -2.20. The van der Waals surface area contributed by atoms with Crippen molar-refractivity contribution in [3.05, 3.63) is 70.2 Å². The first-order valence-corrected chi connectivity index (χ1v) is 8.20. The van der Waals surface area contributed by atoms with Crippen LogP contribution in [0.15, 0.2) is 48.5 Å². The van der Waals surface area contributed by atoms with Gasteiger partial charge in [-0.05, 0) is 43.3 Å². The van der Waals surface area contributed by atoms with Crippen LogP contribution in [-0.4, -0.2) is 41.1 Å². The highest BCUT2D eigenvalue weighted by Crippen LogP contribution is 2.24. The number of Topliss-reactive ketones (excluding diaryl/α,β-unsaturated/α-hetero) is 1. The van der Waals surface area contributed by atoms with E-state index in [4.69, 9.17) is 16.3 Å². The molecule has 132 valence electrons. The molecular formula is C19H14ClNO5. The van der Waals surface area contributed by atoms with Crippen molar-refractivity contribution in [1.82, 2.24) is 4.90 Å². The van der Waals surface area contributed by atoms with Crippen molar-refractivity contribution in [2.24, 2.45) is 0 Å². The Hall–Kier alpha value is -2.99. The second kappa shape index (κ2) is 7.09. The highest BCUT2D eigenvalue weighted by molar-refractivity contribution is 6.30. The maximum Gasteiger partial charge on any atom is 0.329 e. The van der Waals surface area contributed by atoms with E-state index in [2.05, 4.69) is 0 Å². The third-order valence-corrected chi connectivity index (χ3v) is 4.32. The van der Waals surface area contributed by atoms with Crippen LogP contribution >= 0.6 is 11.6 Å². The van der Waals surface area contributed by atoms with Gasteiger partial charge in [-0.15, -0.1) is 0 Å². The molecule has 1 aliphatic heterocycles. The van der Waals surface area contributed by atoms with Crippen molar-refractivity contribution >= 4 is 35.2 Å². The largest absolute Gasteiger partial charge is 0.456 e. The van der Waals surface area contributed by atoms with Gasteiger partial charge in [0.2, 0.25) is 0 Å². The van der Waals surface area contributed by atoms with Gasteiger partial charge in [-0.25, -0.2) is 4.79 Å². The lowest BCUT2D eigenvalue weighted by molar-refractivity contribution is -0.146. The van der Waals surface area contributed by atoms with E-state index in [1.807, 2.05) is 0 Å². The fourth-order valence-electron chi connectivity index (χ4n) is 2.64. The van der Waals surface area contributed by atoms with E-state index in [1.165, 1.54) is 31.2 Å². The van der Waals surface area contributed by atoms with E-state index >= 15 is 0 Å². The van der Waals surface area contributed by atoms with Gasteiger partial charge >= 0.3 is 5.97 Å². The van der Waals surface area contributed by atoms with Gasteiger partial charge in [-0.1, -0.05) is 23.7 Å². The summed E-state index contributed by atoms with van der Waals surface area (Å²) < 4.78 is 4.99. The average molecular weight is 372 g/mol. The zero-order chi connectivity index (χ0) is 18.8. The number of hydrogen-bond acceptors (Lipinski definition) is 5. The van der Waals surface area contributed by atoms with Gasteiger partial charge in [0.1, 0.15) is 6.04 Å². The first-order chi connectivity index (χ1) is 12.4. The van der Waals surface area contributed by atoms with Crippen molar-refractivity contribution < 1.29 is 23.9 Å². The number of fused-ring (bicyclic) bond motifs is 1. The van der Waals surface area contributed by atoms with Crippen LogP contribution < -0.4 is 0 Å². The predicted molar refractivity (Wildman–Crippen MR) is 93.1 cm³/mol. The Morgan fingerprint density at radius 3 is 2.08 bits per heavy atom. The second-order valence-corrected chi connectivity index (χ2v) is 6.18. The molecule has 0 saturated carbocycles. The van der Waals surface area contributed by atoms with E-state index in [-0.39, 0.29) is 11.1 Å². The van der Waals surface area contributed by atoms with Crippen LogP contribution in [0.1, 0.15) is 38.0 Å². The predicted octanol–water partition coefficient (Wildman–Crippen LogP) is 2.75. The molecular weight excluding hydrogens is 358 g/mol. The van der Waals surface area contributed by atoms with E-state index in [0.717, 1.165) is 4.90 Å². The zero-order valence-electron chi connectivity index (χ0n) is 13.8. The number of carbonyl (C=O) groups is 4. The van der Waals surface area contributed by atoms with Gasteiger partial charge in [-0.2, -0.15) is 0 Å². The first kappa shape index (κ1) is 17.8. The van der Waals surface area contributed by atoms with Gasteiger partial charge in [0.05, 0.1) is 11.1 Å². The minimum atomic E-state index is -1.14. The van der Waals surface area contributed by atoms with Crippen LogP contribution in [-0.2, 0) is 9.53 Å². The van der Waals surface area contributed by atoms with Crippen LogP contribution in [0.4, 0.5) is 0 Å². The number of ether oxygens (including phenoxy) is 1. The average Bonchev–Trinajstić information content (AvgIpc) is 2.90. The molecule has 2 amide bonds. The molecule has 0 radical (unpaired) electrons. The normalized spacial score (nSPS) is 14.2. The van der Waals surface area contributed by atoms with Crippen LogP contribution in [0.3, 0.4) is 0 Å². The summed E-state index contributed by atoms with van der Waals surface area (Å²) in [5, 5.41) is 0.484. The molecule has 1 atom stereocenters. The van der Waals surface area contributed by atoms with Crippen molar-refractivity contribution in [2.45, 2.75) is 13.0 Å². The molecule has 7 heteroatoms. The Morgan fingerprint density at radius 1 is 1.00 bits per heavy atom. The maximum atomic E-state index is 12.4. The third-order valence-electron chi connectivity index (χ3n) is 4.07. The van der Waals surface area contributed by atoms with E-state index in [1.54, 1.807) is 24.3 Å². The minimum absolute atomic E-state index is 0.245. The van der Waals surface area contributed by atoms with Crippen LogP contribution in [0.25, 0.3) is 0 Å². The van der Waals surface area contributed by atoms with Crippen LogP contribution in [0.2, 0.25) is 5.02 Å². The van der Waals surface area contributed by atoms with E-state index in [9.17, 15) is 19.2 Å². The molecule has 3 rings (SSSR count). The SMILES string of the molecule is C[C@H](C(=O)OCC(=O)c1ccc(Cl)cc1)N1C(=O)c2ccccc2C1=O. The van der Waals surface area contributed by atoms with Gasteiger partial charge in [0.25, 0.3) is 11.8 Å². The molecule has 6 nitrogen and oxygen atoms in total. The van der Waals surface area contributed by atoms with Crippen molar-refractivity contribution in [1.29, 1.82) is 0 Å². The topological polar surface area (TPSA) is 80.8 Å². The summed E-state index contributed by atoms with van der Waals surface area (Å²) in [6.07, 6.45) is 0. The molecule has 0 spiro atoms. The number of nitrogens with zero attached hydrogens (tertiary/aromatic N) is 1. The summed E-state index contributed by atoms with van der Waals surface area (Å²) in [5.74, 6) is -2.36. The molecule has 1 heterocycles. The Balaban J connectivity index is 1.65. The summed E-state index contributed by atoms with van der Waals surface area (Å²) in [7, 11) is 0. The number of benzene rings is 2. The smallest absolute Gasteiger partial charge is 0.329 e. The lowest BCUT2D eigenvalue weighted by Crippen LogP contribution is -2.44. The Morgan fingerprint density at radius 2 is 1.54 bits per heavy atom. The Labute approximate surface area is 154 Å². The lowest BCUT2D eigenvalue weighted by atomic mass is 10.1. The highest BCUT2D eigenvalue weighted by atomic mass is 35.5. The molecule has 0 bridgehead atoms. The van der Waals surface area contributed by atoms with E-state index < -0.39 is 36.2 Å². The van der Waals surface area contributed by atoms with Gasteiger partial charge in [-0.3, -0.25) is 19.3 Å². The number of esters is 1. The molecule has 2 aromatic carbocycles. The number of halogens is 1. The molecule has 0 saturated heterocycles. The second-order valence-electron chi connectivity index (χ2n) is 5.74. The molecule has 0 aromatic heterocycles. The highest BCUT2D eigenvalue weighted by Gasteiger charge is 2.41. The molecule has 0 fully saturated rings. The summed E-state index contributed by atoms with van der Waals surface area (Å²) in [5.41, 5.74) is 0.833. The minimum Gasteiger partial charge on any atom is -0.456 e. The van der Waals surface area contributed by atoms with Crippen molar-refractivity contribution in [3.8, 4) is 0 Å². The number of imide groups is 1. The first-order valence-electron chi connectivity index (χ1n) is 7.82. The zero-order valence-corrected chi connectivity index (χ0v) is 14.5. The molecule has 0 N–H and O–H groups in total. The quantitative estimate of drug-likeness (QED) is 0.458. The van der Waals surface area contributed by atoms with Crippen LogP contribution in [0.5, 0.6) is 0 Å². The molecule has 2 aromatic rings. The molecule has 1 aliphatic rings. The van der Waals surface area contributed by atoms with Crippen LogP contribution in [0, 0.1) is 0 Å². The number of carbonyl (C=O) groups excluding carboxylic acids is 4. The third kappa shape index (κ3) is 3.23. The molecule has 26 heavy (non-hydrogen) atoms. The number of rotatable bonds is 5. The number of ketones is 1. The van der Waals surface area contributed by atoms with Crippen molar-refractivity contribution in [3.63, 3.8) is 0 Å². The number of amides is 2. The fraction of sp³-hybridized carbons (Fsp3) is 0.158. The van der Waals surface area contributed by atoms with Crippen molar-refractivity contribution in [2.75, 3.05) is 6.61 Å². The molecule has 0 unspecified atom stereocenters.